The van der Waals surface area contributed by atoms with E-state index >= 15 is 0 Å². The van der Waals surface area contributed by atoms with Gasteiger partial charge in [0, 0.05) is 11.1 Å². The largest absolute Gasteiger partial charge is 0.462 e. The Morgan fingerprint density at radius 1 is 0.966 bits per heavy atom. The fourth-order valence-electron chi connectivity index (χ4n) is 3.22. The molecule has 29 heavy (non-hydrogen) atoms. The van der Waals surface area contributed by atoms with Gasteiger partial charge in [0.1, 0.15) is 0 Å². The Labute approximate surface area is 165 Å². The van der Waals surface area contributed by atoms with Crippen LogP contribution < -0.4 is 0 Å². The first-order valence-corrected chi connectivity index (χ1v) is 8.89. The molecule has 0 atom stereocenters. The SMILES string of the molecule is CCOC(=O)c1c(C(F)(F)F)cc(-c2ccccc2)c(C=O)c1-c1ccccc1. The summed E-state index contributed by atoms with van der Waals surface area (Å²) < 4.78 is 46.9. The fraction of sp³-hybridized carbons (Fsp3) is 0.130. The molecule has 0 aromatic heterocycles. The highest BCUT2D eigenvalue weighted by atomic mass is 19.4. The summed E-state index contributed by atoms with van der Waals surface area (Å²) in [5.41, 5.74) is -1.04. The van der Waals surface area contributed by atoms with Crippen LogP contribution in [0.5, 0.6) is 0 Å². The van der Waals surface area contributed by atoms with Crippen molar-refractivity contribution in [2.75, 3.05) is 6.61 Å². The summed E-state index contributed by atoms with van der Waals surface area (Å²) in [5, 5.41) is 0. The maximum atomic E-state index is 14.0. The number of ether oxygens (including phenoxy) is 1. The number of hydrogen-bond donors (Lipinski definition) is 0. The molecule has 0 bridgehead atoms. The van der Waals surface area contributed by atoms with Crippen molar-refractivity contribution in [1.82, 2.24) is 0 Å². The van der Waals surface area contributed by atoms with Crippen LogP contribution >= 0.6 is 0 Å². The number of hydrogen-bond acceptors (Lipinski definition) is 3. The lowest BCUT2D eigenvalue weighted by molar-refractivity contribution is -0.138. The van der Waals surface area contributed by atoms with Gasteiger partial charge in [-0.05, 0) is 29.7 Å². The lowest BCUT2D eigenvalue weighted by atomic mass is 9.85. The first kappa shape index (κ1) is 20.3. The number of alkyl halides is 3. The summed E-state index contributed by atoms with van der Waals surface area (Å²) in [5.74, 6) is -1.12. The molecule has 0 unspecified atom stereocenters. The third-order valence-electron chi connectivity index (χ3n) is 4.42. The second kappa shape index (κ2) is 8.31. The van der Waals surface area contributed by atoms with Gasteiger partial charge in [-0.2, -0.15) is 13.2 Å². The quantitative estimate of drug-likeness (QED) is 0.389. The number of esters is 1. The smallest absolute Gasteiger partial charge is 0.417 e. The maximum absolute atomic E-state index is 14.0. The first-order chi connectivity index (χ1) is 13.9. The molecular weight excluding hydrogens is 381 g/mol. The lowest BCUT2D eigenvalue weighted by Crippen LogP contribution is -2.18. The summed E-state index contributed by atoms with van der Waals surface area (Å²) in [6, 6.07) is 17.2. The predicted octanol–water partition coefficient (Wildman–Crippen LogP) is 6.03. The molecule has 0 N–H and O–H groups in total. The normalized spacial score (nSPS) is 11.2. The predicted molar refractivity (Wildman–Crippen MR) is 104 cm³/mol. The molecular formula is C23H17F3O3. The number of carbonyl (C=O) groups is 2. The van der Waals surface area contributed by atoms with Gasteiger partial charge in [0.15, 0.2) is 6.29 Å². The third kappa shape index (κ3) is 4.06. The van der Waals surface area contributed by atoms with Crippen LogP contribution in [0.1, 0.15) is 33.2 Å². The Hall–Kier alpha value is -3.41. The highest BCUT2D eigenvalue weighted by Gasteiger charge is 2.39. The summed E-state index contributed by atoms with van der Waals surface area (Å²) >= 11 is 0. The summed E-state index contributed by atoms with van der Waals surface area (Å²) in [4.78, 5) is 24.6. The van der Waals surface area contributed by atoms with Crippen LogP contribution in [-0.4, -0.2) is 18.9 Å². The molecule has 0 fully saturated rings. The number of rotatable bonds is 5. The molecule has 3 aromatic carbocycles. The van der Waals surface area contributed by atoms with Gasteiger partial charge < -0.3 is 4.74 Å². The van der Waals surface area contributed by atoms with Gasteiger partial charge in [-0.1, -0.05) is 60.7 Å². The van der Waals surface area contributed by atoms with Gasteiger partial charge >= 0.3 is 12.1 Å². The first-order valence-electron chi connectivity index (χ1n) is 8.89. The molecule has 0 aliphatic carbocycles. The van der Waals surface area contributed by atoms with Crippen LogP contribution in [0.3, 0.4) is 0 Å². The van der Waals surface area contributed by atoms with Crippen molar-refractivity contribution >= 4 is 12.3 Å². The van der Waals surface area contributed by atoms with Crippen molar-refractivity contribution in [3.63, 3.8) is 0 Å². The molecule has 0 radical (unpaired) electrons. The Morgan fingerprint density at radius 3 is 2.00 bits per heavy atom. The van der Waals surface area contributed by atoms with Crippen molar-refractivity contribution in [2.24, 2.45) is 0 Å². The van der Waals surface area contributed by atoms with E-state index in [1.54, 1.807) is 60.7 Å². The molecule has 0 spiro atoms. The van der Waals surface area contributed by atoms with Crippen molar-refractivity contribution < 1.29 is 27.5 Å². The number of carbonyl (C=O) groups excluding carboxylic acids is 2. The topological polar surface area (TPSA) is 43.4 Å². The Morgan fingerprint density at radius 2 is 1.52 bits per heavy atom. The van der Waals surface area contributed by atoms with Crippen LogP contribution in [0.4, 0.5) is 13.2 Å². The van der Waals surface area contributed by atoms with E-state index in [4.69, 9.17) is 4.74 Å². The average molecular weight is 398 g/mol. The highest BCUT2D eigenvalue weighted by Crippen LogP contribution is 2.43. The highest BCUT2D eigenvalue weighted by molar-refractivity contribution is 6.07. The van der Waals surface area contributed by atoms with E-state index < -0.39 is 23.3 Å². The number of aldehydes is 1. The van der Waals surface area contributed by atoms with E-state index in [0.29, 0.717) is 17.4 Å². The molecule has 0 saturated carbocycles. The molecule has 0 aliphatic heterocycles. The molecule has 3 nitrogen and oxygen atoms in total. The second-order valence-electron chi connectivity index (χ2n) is 6.20. The molecule has 3 aromatic rings. The molecule has 0 saturated heterocycles. The van der Waals surface area contributed by atoms with Gasteiger partial charge in [-0.15, -0.1) is 0 Å². The van der Waals surface area contributed by atoms with Crippen molar-refractivity contribution in [1.29, 1.82) is 0 Å². The zero-order valence-corrected chi connectivity index (χ0v) is 15.5. The average Bonchev–Trinajstić information content (AvgIpc) is 2.73. The lowest BCUT2D eigenvalue weighted by Gasteiger charge is -2.21. The molecule has 0 heterocycles. The minimum atomic E-state index is -4.82. The Balaban J connectivity index is 2.50. The van der Waals surface area contributed by atoms with Crippen LogP contribution in [0.15, 0.2) is 66.7 Å². The molecule has 3 rings (SSSR count). The maximum Gasteiger partial charge on any atom is 0.417 e. The van der Waals surface area contributed by atoms with Gasteiger partial charge in [0.2, 0.25) is 0 Å². The minimum absolute atomic E-state index is 0.00143. The van der Waals surface area contributed by atoms with Crippen molar-refractivity contribution in [3.8, 4) is 22.3 Å². The molecule has 148 valence electrons. The summed E-state index contributed by atoms with van der Waals surface area (Å²) in [7, 11) is 0. The van der Waals surface area contributed by atoms with E-state index in [-0.39, 0.29) is 23.3 Å². The zero-order chi connectivity index (χ0) is 21.0. The van der Waals surface area contributed by atoms with Crippen LogP contribution in [0, 0.1) is 0 Å². The van der Waals surface area contributed by atoms with E-state index in [9.17, 15) is 22.8 Å². The van der Waals surface area contributed by atoms with Gasteiger partial charge in [0.25, 0.3) is 0 Å². The van der Waals surface area contributed by atoms with Crippen LogP contribution in [0.2, 0.25) is 0 Å². The number of benzene rings is 3. The fourth-order valence-corrected chi connectivity index (χ4v) is 3.22. The van der Waals surface area contributed by atoms with Crippen molar-refractivity contribution in [3.05, 3.63) is 83.4 Å². The van der Waals surface area contributed by atoms with E-state index in [1.165, 1.54) is 6.92 Å². The molecule has 0 amide bonds. The monoisotopic (exact) mass is 398 g/mol. The van der Waals surface area contributed by atoms with E-state index in [1.807, 2.05) is 0 Å². The van der Waals surface area contributed by atoms with E-state index in [0.717, 1.165) is 6.07 Å². The Kier molecular flexibility index (Phi) is 5.82. The third-order valence-corrected chi connectivity index (χ3v) is 4.42. The van der Waals surface area contributed by atoms with Gasteiger partial charge in [-0.3, -0.25) is 4.79 Å². The zero-order valence-electron chi connectivity index (χ0n) is 15.5. The van der Waals surface area contributed by atoms with Crippen molar-refractivity contribution in [2.45, 2.75) is 13.1 Å². The van der Waals surface area contributed by atoms with Crippen LogP contribution in [-0.2, 0) is 10.9 Å². The molecule has 6 heteroatoms. The minimum Gasteiger partial charge on any atom is -0.462 e. The second-order valence-corrected chi connectivity index (χ2v) is 6.20. The van der Waals surface area contributed by atoms with E-state index in [2.05, 4.69) is 0 Å². The number of halogens is 3. The summed E-state index contributed by atoms with van der Waals surface area (Å²) in [6.07, 6.45) is -4.34. The van der Waals surface area contributed by atoms with Gasteiger partial charge in [-0.25, -0.2) is 4.79 Å². The standard InChI is InChI=1S/C23H17F3O3/c1-2-29-22(28)21-19(23(24,25)26)13-17(15-9-5-3-6-10-15)18(14-27)20(21)16-11-7-4-8-12-16/h3-14H,2H2,1H3. The molecule has 0 aliphatic rings. The van der Waals surface area contributed by atoms with Gasteiger partial charge in [0.05, 0.1) is 17.7 Å². The Bertz CT molecular complexity index is 1030. The summed E-state index contributed by atoms with van der Waals surface area (Å²) in [6.45, 7) is 1.41. The van der Waals surface area contributed by atoms with Crippen LogP contribution in [0.25, 0.3) is 22.3 Å².